The highest BCUT2D eigenvalue weighted by atomic mass is 31.2. The molecular weight excluding hydrogens is 427 g/mol. The van der Waals surface area contributed by atoms with Crippen molar-refractivity contribution in [2.75, 3.05) is 18.5 Å². The third-order valence-corrected chi connectivity index (χ3v) is 6.62. The van der Waals surface area contributed by atoms with E-state index in [9.17, 15) is 9.36 Å². The van der Waals surface area contributed by atoms with E-state index < -0.39 is 7.60 Å². The number of carbonyl (C=O) groups excluding carboxylic acids is 1. The van der Waals surface area contributed by atoms with E-state index in [0.29, 0.717) is 18.9 Å². The number of hydrogen-bond acceptors (Lipinski definition) is 6. The van der Waals surface area contributed by atoms with Gasteiger partial charge in [0.05, 0.1) is 31.3 Å². The van der Waals surface area contributed by atoms with Crippen LogP contribution in [0.2, 0.25) is 0 Å². The van der Waals surface area contributed by atoms with Crippen molar-refractivity contribution in [2.24, 2.45) is 7.05 Å². The van der Waals surface area contributed by atoms with E-state index in [1.807, 2.05) is 19.2 Å². The summed E-state index contributed by atoms with van der Waals surface area (Å²) in [6.07, 6.45) is 8.53. The molecule has 2 heterocycles. The monoisotopic (exact) mass is 454 g/mol. The van der Waals surface area contributed by atoms with Crippen LogP contribution in [0, 0.1) is 0 Å². The van der Waals surface area contributed by atoms with Gasteiger partial charge in [-0.1, -0.05) is 12.1 Å². The largest absolute Gasteiger partial charge is 0.335 e. The average Bonchev–Trinajstić information content (AvgIpc) is 3.15. The zero-order valence-corrected chi connectivity index (χ0v) is 19.3. The molecule has 0 fully saturated rings. The molecule has 0 bridgehead atoms. The zero-order valence-electron chi connectivity index (χ0n) is 18.4. The SMILES string of the molecule is CCOP(=O)(Cc1ccc(NC(=O)C=Cc2cnn(C)c2-c2cccnc2)cc1)OCC. The van der Waals surface area contributed by atoms with Gasteiger partial charge in [-0.2, -0.15) is 5.10 Å². The molecule has 8 nitrogen and oxygen atoms in total. The van der Waals surface area contributed by atoms with Crippen LogP contribution in [-0.4, -0.2) is 33.9 Å². The van der Waals surface area contributed by atoms with E-state index >= 15 is 0 Å². The molecule has 0 unspecified atom stereocenters. The minimum absolute atomic E-state index is 0.181. The first-order chi connectivity index (χ1) is 15.4. The highest BCUT2D eigenvalue weighted by molar-refractivity contribution is 7.53. The van der Waals surface area contributed by atoms with Crippen molar-refractivity contribution in [3.05, 3.63) is 72.2 Å². The number of nitrogens with zero attached hydrogens (tertiary/aromatic N) is 3. The molecule has 0 saturated carbocycles. The number of aromatic nitrogens is 3. The predicted octanol–water partition coefficient (Wildman–Crippen LogP) is 4.90. The fraction of sp³-hybridized carbons (Fsp3) is 0.261. The van der Waals surface area contributed by atoms with E-state index in [-0.39, 0.29) is 12.1 Å². The quantitative estimate of drug-likeness (QED) is 0.346. The molecule has 1 aromatic carbocycles. The summed E-state index contributed by atoms with van der Waals surface area (Å²) in [7, 11) is -1.32. The van der Waals surface area contributed by atoms with Crippen LogP contribution in [0.25, 0.3) is 17.3 Å². The lowest BCUT2D eigenvalue weighted by molar-refractivity contribution is -0.111. The summed E-state index contributed by atoms with van der Waals surface area (Å²) in [4.78, 5) is 16.5. The Bertz CT molecular complexity index is 1100. The lowest BCUT2D eigenvalue weighted by Gasteiger charge is -2.17. The maximum atomic E-state index is 12.7. The Balaban J connectivity index is 1.65. The Kier molecular flexibility index (Phi) is 8.11. The molecule has 0 aliphatic rings. The first-order valence-electron chi connectivity index (χ1n) is 10.3. The first-order valence-corrected chi connectivity index (χ1v) is 12.1. The van der Waals surface area contributed by atoms with E-state index in [0.717, 1.165) is 22.4 Å². The van der Waals surface area contributed by atoms with Gasteiger partial charge in [-0.15, -0.1) is 0 Å². The Morgan fingerprint density at radius 3 is 2.47 bits per heavy atom. The normalized spacial score (nSPS) is 11.7. The number of hydrogen-bond donors (Lipinski definition) is 1. The molecule has 0 atom stereocenters. The molecule has 3 aromatic rings. The Hall–Kier alpha value is -3.06. The van der Waals surface area contributed by atoms with Crippen LogP contribution in [0.1, 0.15) is 25.0 Å². The highest BCUT2D eigenvalue weighted by Crippen LogP contribution is 2.51. The van der Waals surface area contributed by atoms with Crippen molar-refractivity contribution in [3.8, 4) is 11.3 Å². The molecular formula is C23H27N4O4P. The molecule has 168 valence electrons. The smallest absolute Gasteiger partial charge is 0.323 e. The van der Waals surface area contributed by atoms with Crippen molar-refractivity contribution < 1.29 is 18.4 Å². The van der Waals surface area contributed by atoms with Gasteiger partial charge in [0.1, 0.15) is 0 Å². The fourth-order valence-electron chi connectivity index (χ4n) is 3.22. The van der Waals surface area contributed by atoms with Gasteiger partial charge in [0, 0.05) is 42.3 Å². The number of anilines is 1. The Morgan fingerprint density at radius 2 is 1.84 bits per heavy atom. The molecule has 0 radical (unpaired) electrons. The maximum Gasteiger partial charge on any atom is 0.335 e. The number of pyridine rings is 1. The summed E-state index contributed by atoms with van der Waals surface area (Å²) in [6.45, 7) is 4.19. The second-order valence-corrected chi connectivity index (χ2v) is 8.99. The summed E-state index contributed by atoms with van der Waals surface area (Å²) < 4.78 is 25.1. The minimum Gasteiger partial charge on any atom is -0.323 e. The highest BCUT2D eigenvalue weighted by Gasteiger charge is 2.23. The van der Waals surface area contributed by atoms with Crippen LogP contribution < -0.4 is 5.32 Å². The standard InChI is InChI=1S/C23H27N4O4P/c1-4-30-32(29,31-5-2)17-18-8-11-21(12-9-18)26-22(28)13-10-20-16-25-27(3)23(20)19-7-6-14-24-15-19/h6-16H,4-5,17H2,1-3H3,(H,26,28). The fourth-order valence-corrected chi connectivity index (χ4v) is 4.92. The number of carbonyl (C=O) groups is 1. The van der Waals surface area contributed by atoms with Crippen LogP contribution >= 0.6 is 7.60 Å². The zero-order chi connectivity index (χ0) is 23.0. The molecule has 0 spiro atoms. The molecule has 0 aliphatic carbocycles. The minimum atomic E-state index is -3.17. The first kappa shape index (κ1) is 23.6. The summed E-state index contributed by atoms with van der Waals surface area (Å²) in [5.41, 5.74) is 4.04. The molecule has 1 amide bonds. The van der Waals surface area contributed by atoms with E-state index in [1.54, 1.807) is 67.5 Å². The molecule has 0 saturated heterocycles. The number of aryl methyl sites for hydroxylation is 1. The number of rotatable bonds is 10. The topological polar surface area (TPSA) is 95.3 Å². The third kappa shape index (κ3) is 6.23. The van der Waals surface area contributed by atoms with Crippen molar-refractivity contribution in [2.45, 2.75) is 20.0 Å². The van der Waals surface area contributed by atoms with Crippen LogP contribution in [-0.2, 0) is 31.6 Å². The van der Waals surface area contributed by atoms with E-state index in [2.05, 4.69) is 15.4 Å². The summed E-state index contributed by atoms with van der Waals surface area (Å²) in [5.74, 6) is -0.270. The Morgan fingerprint density at radius 1 is 1.12 bits per heavy atom. The molecule has 9 heteroatoms. The maximum absolute atomic E-state index is 12.7. The van der Waals surface area contributed by atoms with Gasteiger partial charge in [0.25, 0.3) is 0 Å². The van der Waals surface area contributed by atoms with Crippen LogP contribution in [0.4, 0.5) is 5.69 Å². The van der Waals surface area contributed by atoms with Crippen molar-refractivity contribution in [3.63, 3.8) is 0 Å². The van der Waals surface area contributed by atoms with Gasteiger partial charge >= 0.3 is 7.60 Å². The predicted molar refractivity (Wildman–Crippen MR) is 125 cm³/mol. The Labute approximate surface area is 187 Å². The van der Waals surface area contributed by atoms with Crippen molar-refractivity contribution in [1.82, 2.24) is 14.8 Å². The van der Waals surface area contributed by atoms with Gasteiger partial charge in [-0.25, -0.2) is 0 Å². The van der Waals surface area contributed by atoms with Crippen molar-refractivity contribution >= 4 is 25.3 Å². The number of amides is 1. The second-order valence-electron chi connectivity index (χ2n) is 6.94. The molecule has 1 N–H and O–H groups in total. The van der Waals surface area contributed by atoms with Crippen LogP contribution in [0.5, 0.6) is 0 Å². The molecule has 32 heavy (non-hydrogen) atoms. The van der Waals surface area contributed by atoms with E-state index in [1.165, 1.54) is 6.08 Å². The number of nitrogens with one attached hydrogen (secondary N) is 1. The lowest BCUT2D eigenvalue weighted by atomic mass is 10.1. The summed E-state index contributed by atoms with van der Waals surface area (Å²) in [6, 6.07) is 10.9. The van der Waals surface area contributed by atoms with Gasteiger partial charge in [-0.05, 0) is 49.8 Å². The van der Waals surface area contributed by atoms with Crippen LogP contribution in [0.3, 0.4) is 0 Å². The molecule has 0 aliphatic heterocycles. The number of benzene rings is 1. The average molecular weight is 454 g/mol. The lowest BCUT2D eigenvalue weighted by Crippen LogP contribution is -2.07. The van der Waals surface area contributed by atoms with Gasteiger partial charge < -0.3 is 14.4 Å². The second kappa shape index (κ2) is 11.0. The van der Waals surface area contributed by atoms with Gasteiger partial charge in [0.2, 0.25) is 5.91 Å². The summed E-state index contributed by atoms with van der Waals surface area (Å²) in [5, 5.41) is 7.10. The van der Waals surface area contributed by atoms with Crippen molar-refractivity contribution in [1.29, 1.82) is 0 Å². The molecule has 2 aromatic heterocycles. The van der Waals surface area contributed by atoms with E-state index in [4.69, 9.17) is 9.05 Å². The van der Waals surface area contributed by atoms with Gasteiger partial charge in [-0.3, -0.25) is 19.0 Å². The molecule has 3 rings (SSSR count). The summed E-state index contributed by atoms with van der Waals surface area (Å²) >= 11 is 0. The van der Waals surface area contributed by atoms with Gasteiger partial charge in [0.15, 0.2) is 0 Å². The third-order valence-electron chi connectivity index (χ3n) is 4.57. The van der Waals surface area contributed by atoms with Crippen LogP contribution in [0.15, 0.2) is 61.1 Å².